The van der Waals surface area contributed by atoms with E-state index < -0.39 is 66.1 Å². The average molecular weight is 440 g/mol. The van der Waals surface area contributed by atoms with E-state index in [0.717, 1.165) is 0 Å². The highest BCUT2D eigenvalue weighted by Gasteiger charge is 2.58. The maximum Gasteiger partial charge on any atom is 0.296 e. The predicted octanol–water partition coefficient (Wildman–Crippen LogP) is 3.11. The topological polar surface area (TPSA) is 87.7 Å². The molecule has 1 aromatic rings. The Morgan fingerprint density at radius 1 is 1.17 bits per heavy atom. The predicted molar refractivity (Wildman–Crippen MR) is 94.3 cm³/mol. The summed E-state index contributed by atoms with van der Waals surface area (Å²) in [6, 6.07) is -0.683. The van der Waals surface area contributed by atoms with E-state index in [1.165, 1.54) is 5.38 Å². The number of aliphatic imine (C=N–C) groups is 2. The molecule has 3 aliphatic rings. The van der Waals surface area contributed by atoms with Crippen molar-refractivity contribution in [3.05, 3.63) is 16.1 Å². The van der Waals surface area contributed by atoms with E-state index in [-0.39, 0.29) is 17.6 Å². The summed E-state index contributed by atoms with van der Waals surface area (Å²) in [6.45, 7) is 0.678. The summed E-state index contributed by atoms with van der Waals surface area (Å²) >= 11 is 0.674. The van der Waals surface area contributed by atoms with Gasteiger partial charge in [0.25, 0.3) is 11.8 Å². The SMILES string of the molecule is CC(F)(F)c1nc(C2(C3CC(F)(F)C3)N=C(N)NC(=NC3CC(F)(F)C3)N2)cs1. The Bertz CT molecular complexity index is 861. The van der Waals surface area contributed by atoms with Gasteiger partial charge in [-0.3, -0.25) is 5.32 Å². The summed E-state index contributed by atoms with van der Waals surface area (Å²) in [6.07, 6.45) is -2.01. The van der Waals surface area contributed by atoms with E-state index >= 15 is 0 Å². The van der Waals surface area contributed by atoms with Gasteiger partial charge in [0.1, 0.15) is 5.69 Å². The molecule has 4 rings (SSSR count). The molecule has 1 aromatic heterocycles. The zero-order chi connectivity index (χ0) is 21.2. The molecule has 0 saturated heterocycles. The van der Waals surface area contributed by atoms with Gasteiger partial charge in [0, 0.05) is 43.9 Å². The lowest BCUT2D eigenvalue weighted by Gasteiger charge is -2.48. The normalized spacial score (nSPS) is 30.7. The summed E-state index contributed by atoms with van der Waals surface area (Å²) in [5, 5.41) is 6.24. The number of alkyl halides is 6. The van der Waals surface area contributed by atoms with Gasteiger partial charge in [0.15, 0.2) is 16.6 Å². The first-order chi connectivity index (χ1) is 13.3. The van der Waals surface area contributed by atoms with Crippen molar-refractivity contribution in [1.82, 2.24) is 15.6 Å². The highest BCUT2D eigenvalue weighted by Crippen LogP contribution is 2.52. The van der Waals surface area contributed by atoms with E-state index in [2.05, 4.69) is 25.6 Å². The van der Waals surface area contributed by atoms with Crippen LogP contribution in [0.1, 0.15) is 43.3 Å². The largest absolute Gasteiger partial charge is 0.370 e. The summed E-state index contributed by atoms with van der Waals surface area (Å²) in [4.78, 5) is 12.3. The molecule has 2 saturated carbocycles. The number of nitrogens with zero attached hydrogens (tertiary/aromatic N) is 3. The third kappa shape index (κ3) is 3.76. The minimum absolute atomic E-state index is 0.00983. The van der Waals surface area contributed by atoms with E-state index in [1.807, 2.05) is 0 Å². The molecule has 0 radical (unpaired) electrons. The quantitative estimate of drug-likeness (QED) is 0.628. The smallest absolute Gasteiger partial charge is 0.296 e. The van der Waals surface area contributed by atoms with Crippen LogP contribution in [-0.4, -0.2) is 34.8 Å². The zero-order valence-corrected chi connectivity index (χ0v) is 16.0. The number of aromatic nitrogens is 1. The first-order valence-electron chi connectivity index (χ1n) is 8.86. The molecule has 0 spiro atoms. The maximum atomic E-state index is 13.7. The third-order valence-electron chi connectivity index (χ3n) is 5.18. The standard InChI is InChI=1S/C16H18F6N6S/c1-13(17,18)10-25-9(6-29-10)16(7-2-14(19,20)3-7)27-11(23)26-12(28-16)24-8-4-15(21,22)5-8/h6-8H,2-5H2,1H3,(H4,23,24,26,27,28). The van der Waals surface area contributed by atoms with Crippen molar-refractivity contribution >= 4 is 23.3 Å². The number of rotatable bonds is 4. The molecular formula is C16H18F6N6S. The molecule has 2 heterocycles. The Labute approximate surface area is 165 Å². The molecule has 0 aromatic carbocycles. The highest BCUT2D eigenvalue weighted by molar-refractivity contribution is 7.09. The van der Waals surface area contributed by atoms with Crippen LogP contribution in [0, 0.1) is 5.92 Å². The Morgan fingerprint density at radius 3 is 2.31 bits per heavy atom. The van der Waals surface area contributed by atoms with E-state index in [0.29, 0.717) is 18.3 Å². The van der Waals surface area contributed by atoms with Crippen molar-refractivity contribution in [2.45, 2.75) is 62.1 Å². The first-order valence-corrected chi connectivity index (χ1v) is 9.74. The molecule has 2 aliphatic carbocycles. The molecule has 1 unspecified atom stereocenters. The van der Waals surface area contributed by atoms with Gasteiger partial charge in [0.2, 0.25) is 11.9 Å². The Hall–Kier alpha value is -2.05. The molecule has 4 N–H and O–H groups in total. The zero-order valence-electron chi connectivity index (χ0n) is 15.2. The monoisotopic (exact) mass is 440 g/mol. The lowest BCUT2D eigenvalue weighted by Crippen LogP contribution is -2.65. The van der Waals surface area contributed by atoms with Gasteiger partial charge in [-0.1, -0.05) is 0 Å². The lowest BCUT2D eigenvalue weighted by atomic mass is 9.71. The molecule has 0 amide bonds. The van der Waals surface area contributed by atoms with Gasteiger partial charge in [0.05, 0.1) is 6.04 Å². The third-order valence-corrected chi connectivity index (χ3v) is 6.20. The Kier molecular flexibility index (Phi) is 4.34. The number of halogens is 6. The lowest BCUT2D eigenvalue weighted by molar-refractivity contribution is -0.135. The fourth-order valence-electron chi connectivity index (χ4n) is 3.68. The molecule has 0 bridgehead atoms. The van der Waals surface area contributed by atoms with Crippen LogP contribution in [-0.2, 0) is 11.6 Å². The summed E-state index contributed by atoms with van der Waals surface area (Å²) < 4.78 is 80.8. The molecule has 1 aliphatic heterocycles. The van der Waals surface area contributed by atoms with Gasteiger partial charge in [-0.2, -0.15) is 8.78 Å². The van der Waals surface area contributed by atoms with Crippen LogP contribution >= 0.6 is 11.3 Å². The molecular weight excluding hydrogens is 422 g/mol. The van der Waals surface area contributed by atoms with Gasteiger partial charge >= 0.3 is 0 Å². The van der Waals surface area contributed by atoms with Crippen molar-refractivity contribution in [3.8, 4) is 0 Å². The highest BCUT2D eigenvalue weighted by atomic mass is 32.1. The second-order valence-electron chi connectivity index (χ2n) is 7.80. The van der Waals surface area contributed by atoms with Crippen molar-refractivity contribution in [2.24, 2.45) is 21.6 Å². The molecule has 160 valence electrons. The molecule has 6 nitrogen and oxygen atoms in total. The number of nitrogens with two attached hydrogens (primary N) is 1. The van der Waals surface area contributed by atoms with Crippen LogP contribution in [0.3, 0.4) is 0 Å². The van der Waals surface area contributed by atoms with E-state index in [1.54, 1.807) is 0 Å². The van der Waals surface area contributed by atoms with Crippen molar-refractivity contribution in [2.75, 3.05) is 0 Å². The number of nitrogens with one attached hydrogen (secondary N) is 2. The average Bonchev–Trinajstić information content (AvgIpc) is 3.00. The Morgan fingerprint density at radius 2 is 1.79 bits per heavy atom. The van der Waals surface area contributed by atoms with Crippen LogP contribution < -0.4 is 16.4 Å². The second-order valence-corrected chi connectivity index (χ2v) is 8.65. The number of hydrogen-bond donors (Lipinski definition) is 3. The fourth-order valence-corrected chi connectivity index (χ4v) is 4.49. The van der Waals surface area contributed by atoms with Crippen LogP contribution in [0.25, 0.3) is 0 Å². The van der Waals surface area contributed by atoms with Crippen molar-refractivity contribution < 1.29 is 26.3 Å². The van der Waals surface area contributed by atoms with Gasteiger partial charge in [-0.25, -0.2) is 32.5 Å². The maximum absolute atomic E-state index is 13.7. The van der Waals surface area contributed by atoms with Crippen LogP contribution in [0.15, 0.2) is 15.4 Å². The van der Waals surface area contributed by atoms with Crippen LogP contribution in [0.5, 0.6) is 0 Å². The molecule has 13 heteroatoms. The number of hydrogen-bond acceptors (Lipinski definition) is 5. The minimum atomic E-state index is -3.22. The molecule has 29 heavy (non-hydrogen) atoms. The fraction of sp³-hybridized carbons (Fsp3) is 0.688. The summed E-state index contributed by atoms with van der Waals surface area (Å²) in [7, 11) is 0. The van der Waals surface area contributed by atoms with Gasteiger partial charge in [-0.15, -0.1) is 11.3 Å². The molecule has 2 fully saturated rings. The van der Waals surface area contributed by atoms with Gasteiger partial charge < -0.3 is 11.1 Å². The number of guanidine groups is 2. The van der Waals surface area contributed by atoms with E-state index in [9.17, 15) is 26.3 Å². The van der Waals surface area contributed by atoms with Gasteiger partial charge in [-0.05, 0) is 0 Å². The summed E-state index contributed by atoms with van der Waals surface area (Å²) in [5.74, 6) is -9.95. The first kappa shape index (κ1) is 20.2. The van der Waals surface area contributed by atoms with Crippen molar-refractivity contribution in [1.29, 1.82) is 0 Å². The second kappa shape index (κ2) is 6.22. The molecule has 1 atom stereocenters. The van der Waals surface area contributed by atoms with Crippen LogP contribution in [0.2, 0.25) is 0 Å². The number of thiazole rings is 1. The summed E-state index contributed by atoms with van der Waals surface area (Å²) in [5.41, 5.74) is 4.19. The Balaban J connectivity index is 1.70. The van der Waals surface area contributed by atoms with E-state index in [4.69, 9.17) is 5.73 Å². The van der Waals surface area contributed by atoms with Crippen molar-refractivity contribution in [3.63, 3.8) is 0 Å². The van der Waals surface area contributed by atoms with Crippen LogP contribution in [0.4, 0.5) is 26.3 Å². The minimum Gasteiger partial charge on any atom is -0.370 e.